The van der Waals surface area contributed by atoms with Gasteiger partial charge >= 0.3 is 0 Å². The molecule has 0 spiro atoms. The molecule has 1 aliphatic carbocycles. The predicted molar refractivity (Wildman–Crippen MR) is 80.1 cm³/mol. The molecular formula is C15H25N3O2. The van der Waals surface area contributed by atoms with Crippen molar-refractivity contribution in [3.05, 3.63) is 22.7 Å². The van der Waals surface area contributed by atoms with Crippen LogP contribution in [0.15, 0.2) is 17.2 Å². The third-order valence-electron chi connectivity index (χ3n) is 4.34. The molecular weight excluding hydrogens is 254 g/mol. The maximum Gasteiger partial charge on any atom is 0.293 e. The Balaban J connectivity index is 2.23. The van der Waals surface area contributed by atoms with E-state index < -0.39 is 0 Å². The van der Waals surface area contributed by atoms with Crippen molar-refractivity contribution in [3.8, 4) is 0 Å². The van der Waals surface area contributed by atoms with Gasteiger partial charge in [-0.05, 0) is 27.2 Å². The average Bonchev–Trinajstić information content (AvgIpc) is 2.34. The summed E-state index contributed by atoms with van der Waals surface area (Å²) in [6, 6.07) is 0.212. The van der Waals surface area contributed by atoms with Crippen LogP contribution in [0.5, 0.6) is 0 Å². The molecule has 0 saturated heterocycles. The molecule has 0 bridgehead atoms. The zero-order chi connectivity index (χ0) is 15.1. The Labute approximate surface area is 120 Å². The fourth-order valence-electron chi connectivity index (χ4n) is 2.73. The predicted octanol–water partition coefficient (Wildman–Crippen LogP) is 2.22. The number of nitrogens with zero attached hydrogens (tertiary/aromatic N) is 2. The van der Waals surface area contributed by atoms with Gasteiger partial charge in [-0.2, -0.15) is 0 Å². The number of anilines is 1. The first-order valence-electron chi connectivity index (χ1n) is 7.05. The molecule has 5 nitrogen and oxygen atoms in total. The second kappa shape index (κ2) is 4.88. The van der Waals surface area contributed by atoms with Crippen LogP contribution >= 0.6 is 0 Å². The highest BCUT2D eigenvalue weighted by Crippen LogP contribution is 2.43. The maximum atomic E-state index is 12.5. The number of methoxy groups -OCH3 is 1. The van der Waals surface area contributed by atoms with Crippen LogP contribution in [0.4, 0.5) is 5.82 Å². The lowest BCUT2D eigenvalue weighted by Gasteiger charge is -2.51. The van der Waals surface area contributed by atoms with Crippen LogP contribution in [0.25, 0.3) is 0 Å². The first kappa shape index (κ1) is 15.0. The largest absolute Gasteiger partial charge is 0.381 e. The van der Waals surface area contributed by atoms with Gasteiger partial charge in [0.25, 0.3) is 5.56 Å². The van der Waals surface area contributed by atoms with Crippen LogP contribution in [0.1, 0.15) is 41.0 Å². The van der Waals surface area contributed by atoms with E-state index in [1.54, 1.807) is 24.1 Å². The van der Waals surface area contributed by atoms with Crippen LogP contribution in [-0.4, -0.2) is 28.8 Å². The number of aromatic nitrogens is 2. The molecule has 20 heavy (non-hydrogen) atoms. The molecule has 1 N–H and O–H groups in total. The van der Waals surface area contributed by atoms with E-state index in [4.69, 9.17) is 4.74 Å². The number of hydrogen-bond acceptors (Lipinski definition) is 4. The van der Waals surface area contributed by atoms with Gasteiger partial charge in [-0.25, -0.2) is 4.98 Å². The van der Waals surface area contributed by atoms with E-state index in [1.807, 2.05) is 20.8 Å². The Bertz CT molecular complexity index is 543. The number of ether oxygens (including phenoxy) is 1. The van der Waals surface area contributed by atoms with Crippen LogP contribution in [0, 0.1) is 5.41 Å². The van der Waals surface area contributed by atoms with E-state index in [0.717, 1.165) is 6.42 Å². The quantitative estimate of drug-likeness (QED) is 0.922. The number of hydrogen-bond donors (Lipinski definition) is 1. The first-order valence-corrected chi connectivity index (χ1v) is 7.05. The third-order valence-corrected chi connectivity index (χ3v) is 4.34. The van der Waals surface area contributed by atoms with Crippen LogP contribution < -0.4 is 10.9 Å². The average molecular weight is 279 g/mol. The first-order chi connectivity index (χ1) is 9.17. The zero-order valence-electron chi connectivity index (χ0n) is 13.2. The normalized spacial score (nSPS) is 25.1. The van der Waals surface area contributed by atoms with Crippen molar-refractivity contribution in [3.63, 3.8) is 0 Å². The minimum atomic E-state index is -0.249. The van der Waals surface area contributed by atoms with Gasteiger partial charge < -0.3 is 14.6 Å². The molecule has 2 rings (SSSR count). The Morgan fingerprint density at radius 1 is 1.45 bits per heavy atom. The van der Waals surface area contributed by atoms with Gasteiger partial charge in [-0.3, -0.25) is 4.79 Å². The summed E-state index contributed by atoms with van der Waals surface area (Å²) >= 11 is 0. The highest BCUT2D eigenvalue weighted by Gasteiger charge is 2.49. The van der Waals surface area contributed by atoms with Gasteiger partial charge in [-0.15, -0.1) is 0 Å². The summed E-state index contributed by atoms with van der Waals surface area (Å²) in [5.74, 6) is 0.426. The fraction of sp³-hybridized carbons (Fsp3) is 0.733. The van der Waals surface area contributed by atoms with E-state index in [-0.39, 0.29) is 28.7 Å². The van der Waals surface area contributed by atoms with Gasteiger partial charge in [0, 0.05) is 36.5 Å². The monoisotopic (exact) mass is 279 g/mol. The topological polar surface area (TPSA) is 56.1 Å². The highest BCUT2D eigenvalue weighted by molar-refractivity contribution is 5.35. The fourth-order valence-corrected chi connectivity index (χ4v) is 2.73. The number of rotatable bonds is 3. The van der Waals surface area contributed by atoms with Crippen molar-refractivity contribution in [1.29, 1.82) is 0 Å². The van der Waals surface area contributed by atoms with Crippen LogP contribution in [-0.2, 0) is 10.3 Å². The Kier molecular flexibility index (Phi) is 3.67. The van der Waals surface area contributed by atoms with Crippen molar-refractivity contribution in [2.75, 3.05) is 12.4 Å². The van der Waals surface area contributed by atoms with Gasteiger partial charge in [0.05, 0.1) is 6.10 Å². The second-order valence-corrected chi connectivity index (χ2v) is 7.10. The van der Waals surface area contributed by atoms with E-state index in [1.165, 1.54) is 0 Å². The summed E-state index contributed by atoms with van der Waals surface area (Å²) < 4.78 is 7.14. The lowest BCUT2D eigenvalue weighted by molar-refractivity contribution is -0.0796. The minimum absolute atomic E-state index is 0.00523. The lowest BCUT2D eigenvalue weighted by Crippen LogP contribution is -2.58. The van der Waals surface area contributed by atoms with E-state index in [2.05, 4.69) is 24.1 Å². The summed E-state index contributed by atoms with van der Waals surface area (Å²) in [6.45, 7) is 10.3. The molecule has 0 aliphatic heterocycles. The zero-order valence-corrected chi connectivity index (χ0v) is 13.2. The molecule has 0 aromatic carbocycles. The summed E-state index contributed by atoms with van der Waals surface area (Å²) in [5, 5.41) is 3.29. The van der Waals surface area contributed by atoms with E-state index >= 15 is 0 Å². The SMILES string of the molecule is COC1CC(Nc2nccn(C(C)(C)C)c2=O)C1(C)C. The Hall–Kier alpha value is -1.36. The smallest absolute Gasteiger partial charge is 0.293 e. The maximum absolute atomic E-state index is 12.5. The molecule has 1 fully saturated rings. The Morgan fingerprint density at radius 2 is 2.10 bits per heavy atom. The molecule has 1 heterocycles. The molecule has 1 aromatic rings. The number of nitrogens with one attached hydrogen (secondary N) is 1. The van der Waals surface area contributed by atoms with E-state index in [0.29, 0.717) is 5.82 Å². The molecule has 5 heteroatoms. The molecule has 1 aromatic heterocycles. The van der Waals surface area contributed by atoms with Crippen molar-refractivity contribution in [2.45, 2.75) is 58.7 Å². The molecule has 2 atom stereocenters. The van der Waals surface area contributed by atoms with Gasteiger partial charge in [0.15, 0.2) is 5.82 Å². The molecule has 1 aliphatic rings. The Morgan fingerprint density at radius 3 is 2.60 bits per heavy atom. The van der Waals surface area contributed by atoms with Gasteiger partial charge in [-0.1, -0.05) is 13.8 Å². The van der Waals surface area contributed by atoms with Crippen molar-refractivity contribution in [2.24, 2.45) is 5.41 Å². The molecule has 1 saturated carbocycles. The highest BCUT2D eigenvalue weighted by atomic mass is 16.5. The van der Waals surface area contributed by atoms with Crippen LogP contribution in [0.3, 0.4) is 0 Å². The summed E-state index contributed by atoms with van der Waals surface area (Å²) in [7, 11) is 1.73. The summed E-state index contributed by atoms with van der Waals surface area (Å²) in [5.41, 5.74) is -0.317. The van der Waals surface area contributed by atoms with E-state index in [9.17, 15) is 4.79 Å². The second-order valence-electron chi connectivity index (χ2n) is 7.10. The molecule has 0 radical (unpaired) electrons. The summed E-state index contributed by atoms with van der Waals surface area (Å²) in [6.07, 6.45) is 4.54. The van der Waals surface area contributed by atoms with Crippen molar-refractivity contribution >= 4 is 5.82 Å². The van der Waals surface area contributed by atoms with Crippen LogP contribution in [0.2, 0.25) is 0 Å². The lowest BCUT2D eigenvalue weighted by atomic mass is 9.64. The summed E-state index contributed by atoms with van der Waals surface area (Å²) in [4.78, 5) is 16.7. The minimum Gasteiger partial charge on any atom is -0.381 e. The van der Waals surface area contributed by atoms with Gasteiger partial charge in [0.2, 0.25) is 0 Å². The third kappa shape index (κ3) is 2.46. The van der Waals surface area contributed by atoms with Gasteiger partial charge in [0.1, 0.15) is 0 Å². The standard InChI is InChI=1S/C15H25N3O2/c1-14(2,3)18-8-7-16-12(13(18)19)17-10-9-11(20-6)15(10,4)5/h7-8,10-11H,9H2,1-6H3,(H,16,17). The molecule has 2 unspecified atom stereocenters. The van der Waals surface area contributed by atoms with Crippen molar-refractivity contribution in [1.82, 2.24) is 9.55 Å². The molecule has 0 amide bonds. The molecule has 112 valence electrons. The van der Waals surface area contributed by atoms with Crippen molar-refractivity contribution < 1.29 is 4.74 Å².